The fourth-order valence-corrected chi connectivity index (χ4v) is 2.97. The molecule has 0 radical (unpaired) electrons. The van der Waals surface area contributed by atoms with Crippen molar-refractivity contribution >= 4 is 23.3 Å². The van der Waals surface area contributed by atoms with Crippen molar-refractivity contribution < 1.29 is 4.79 Å². The van der Waals surface area contributed by atoms with E-state index in [-0.39, 0.29) is 5.91 Å². The van der Waals surface area contributed by atoms with Gasteiger partial charge in [0.05, 0.1) is 0 Å². The quantitative estimate of drug-likeness (QED) is 0.840. The third kappa shape index (κ3) is 4.48. The SMILES string of the molecule is CCNCC1CCN(C(=O)/C=C/c2cccs2)CC1. The summed E-state index contributed by atoms with van der Waals surface area (Å²) in [6, 6.07) is 4.03. The third-order valence-electron chi connectivity index (χ3n) is 3.54. The van der Waals surface area contributed by atoms with E-state index in [0.29, 0.717) is 0 Å². The molecule has 1 fully saturated rings. The Balaban J connectivity index is 1.76. The summed E-state index contributed by atoms with van der Waals surface area (Å²) in [5.41, 5.74) is 0. The van der Waals surface area contributed by atoms with Crippen LogP contribution in [0.1, 0.15) is 24.6 Å². The zero-order chi connectivity index (χ0) is 13.5. The Morgan fingerprint density at radius 1 is 1.53 bits per heavy atom. The molecule has 0 bridgehead atoms. The number of rotatable bonds is 5. The van der Waals surface area contributed by atoms with Crippen LogP contribution in [0, 0.1) is 5.92 Å². The molecule has 1 saturated heterocycles. The Morgan fingerprint density at radius 2 is 2.32 bits per heavy atom. The van der Waals surface area contributed by atoms with Crippen molar-refractivity contribution in [2.24, 2.45) is 5.92 Å². The number of piperidine rings is 1. The molecule has 2 rings (SSSR count). The molecule has 0 saturated carbocycles. The highest BCUT2D eigenvalue weighted by molar-refractivity contribution is 7.10. The highest BCUT2D eigenvalue weighted by atomic mass is 32.1. The van der Waals surface area contributed by atoms with Crippen LogP contribution in [0.4, 0.5) is 0 Å². The van der Waals surface area contributed by atoms with Gasteiger partial charge in [0.2, 0.25) is 5.91 Å². The lowest BCUT2D eigenvalue weighted by Crippen LogP contribution is -2.40. The molecule has 104 valence electrons. The number of carbonyl (C=O) groups is 1. The molecule has 1 amide bonds. The Morgan fingerprint density at radius 3 is 2.95 bits per heavy atom. The Labute approximate surface area is 119 Å². The second kappa shape index (κ2) is 7.46. The zero-order valence-corrected chi connectivity index (χ0v) is 12.3. The molecular weight excluding hydrogens is 256 g/mol. The Hall–Kier alpha value is -1.13. The minimum atomic E-state index is 0.148. The summed E-state index contributed by atoms with van der Waals surface area (Å²) >= 11 is 1.66. The number of carbonyl (C=O) groups excluding carboxylic acids is 1. The Kier molecular flexibility index (Phi) is 5.61. The topological polar surface area (TPSA) is 32.3 Å². The molecule has 0 spiro atoms. The molecule has 1 aromatic rings. The van der Waals surface area contributed by atoms with Crippen LogP contribution in [0.2, 0.25) is 0 Å². The fraction of sp³-hybridized carbons (Fsp3) is 0.533. The molecule has 0 aliphatic carbocycles. The van der Waals surface area contributed by atoms with Gasteiger partial charge in [0.25, 0.3) is 0 Å². The second-order valence-electron chi connectivity index (χ2n) is 4.93. The van der Waals surface area contributed by atoms with E-state index in [9.17, 15) is 4.79 Å². The lowest BCUT2D eigenvalue weighted by molar-refractivity contribution is -0.127. The second-order valence-corrected chi connectivity index (χ2v) is 5.90. The van der Waals surface area contributed by atoms with Gasteiger partial charge in [-0.3, -0.25) is 4.79 Å². The summed E-state index contributed by atoms with van der Waals surface area (Å²) in [5.74, 6) is 0.876. The summed E-state index contributed by atoms with van der Waals surface area (Å²) in [5, 5.41) is 5.41. The van der Waals surface area contributed by atoms with Crippen LogP contribution in [0.5, 0.6) is 0 Å². The number of likely N-dealkylation sites (tertiary alicyclic amines) is 1. The first-order valence-corrected chi connectivity index (χ1v) is 7.88. The molecule has 2 heterocycles. The van der Waals surface area contributed by atoms with Crippen LogP contribution >= 0.6 is 11.3 Å². The smallest absolute Gasteiger partial charge is 0.246 e. The van der Waals surface area contributed by atoms with Crippen LogP contribution in [-0.4, -0.2) is 37.0 Å². The number of nitrogens with one attached hydrogen (secondary N) is 1. The number of hydrogen-bond donors (Lipinski definition) is 1. The average molecular weight is 278 g/mol. The van der Waals surface area contributed by atoms with Gasteiger partial charge in [-0.2, -0.15) is 0 Å². The molecule has 3 nitrogen and oxygen atoms in total. The maximum Gasteiger partial charge on any atom is 0.246 e. The van der Waals surface area contributed by atoms with Crippen LogP contribution in [0.3, 0.4) is 0 Å². The zero-order valence-electron chi connectivity index (χ0n) is 11.5. The van der Waals surface area contributed by atoms with Crippen molar-refractivity contribution in [3.63, 3.8) is 0 Å². The normalized spacial score (nSPS) is 17.2. The molecule has 4 heteroatoms. The standard InChI is InChI=1S/C15H22N2OS/c1-2-16-12-13-7-9-17(10-8-13)15(18)6-5-14-4-3-11-19-14/h3-6,11,13,16H,2,7-10,12H2,1H3/b6-5+. The molecule has 1 aliphatic rings. The van der Waals surface area contributed by atoms with Gasteiger partial charge in [0, 0.05) is 24.0 Å². The summed E-state index contributed by atoms with van der Waals surface area (Å²) in [6.45, 7) is 6.04. The molecule has 0 atom stereocenters. The first kappa shape index (κ1) is 14.3. The van der Waals surface area contributed by atoms with Crippen molar-refractivity contribution in [1.29, 1.82) is 0 Å². The minimum absolute atomic E-state index is 0.148. The predicted octanol–water partition coefficient (Wildman–Crippen LogP) is 2.61. The summed E-state index contributed by atoms with van der Waals surface area (Å²) in [7, 11) is 0. The van der Waals surface area contributed by atoms with E-state index in [1.54, 1.807) is 17.4 Å². The summed E-state index contributed by atoms with van der Waals surface area (Å²) < 4.78 is 0. The van der Waals surface area contributed by atoms with Crippen LogP contribution in [0.25, 0.3) is 6.08 Å². The van der Waals surface area contributed by atoms with Crippen molar-refractivity contribution in [2.45, 2.75) is 19.8 Å². The maximum absolute atomic E-state index is 12.0. The van der Waals surface area contributed by atoms with E-state index < -0.39 is 0 Å². The van der Waals surface area contributed by atoms with Gasteiger partial charge in [-0.15, -0.1) is 11.3 Å². The molecule has 1 N–H and O–H groups in total. The van der Waals surface area contributed by atoms with Crippen molar-refractivity contribution in [3.8, 4) is 0 Å². The highest BCUT2D eigenvalue weighted by Crippen LogP contribution is 2.17. The number of thiophene rings is 1. The van der Waals surface area contributed by atoms with Gasteiger partial charge in [-0.1, -0.05) is 13.0 Å². The fourth-order valence-electron chi connectivity index (χ4n) is 2.35. The monoisotopic (exact) mass is 278 g/mol. The molecule has 0 aromatic carbocycles. The number of amides is 1. The van der Waals surface area contributed by atoms with E-state index in [1.165, 1.54) is 0 Å². The largest absolute Gasteiger partial charge is 0.339 e. The third-order valence-corrected chi connectivity index (χ3v) is 4.38. The first-order valence-electron chi connectivity index (χ1n) is 7.00. The summed E-state index contributed by atoms with van der Waals surface area (Å²) in [4.78, 5) is 15.1. The van der Waals surface area contributed by atoms with E-state index in [2.05, 4.69) is 12.2 Å². The summed E-state index contributed by atoms with van der Waals surface area (Å²) in [6.07, 6.45) is 5.85. The molecule has 0 unspecified atom stereocenters. The van der Waals surface area contributed by atoms with Crippen molar-refractivity contribution in [2.75, 3.05) is 26.2 Å². The number of hydrogen-bond acceptors (Lipinski definition) is 3. The van der Waals surface area contributed by atoms with Gasteiger partial charge in [0.1, 0.15) is 0 Å². The maximum atomic E-state index is 12.0. The van der Waals surface area contributed by atoms with E-state index in [4.69, 9.17) is 0 Å². The van der Waals surface area contributed by atoms with Gasteiger partial charge in [-0.25, -0.2) is 0 Å². The molecular formula is C15H22N2OS. The van der Waals surface area contributed by atoms with Crippen LogP contribution in [0.15, 0.2) is 23.6 Å². The van der Waals surface area contributed by atoms with E-state index in [0.717, 1.165) is 49.8 Å². The van der Waals surface area contributed by atoms with Crippen molar-refractivity contribution in [1.82, 2.24) is 10.2 Å². The lowest BCUT2D eigenvalue weighted by atomic mass is 9.97. The average Bonchev–Trinajstić information content (AvgIpc) is 2.96. The van der Waals surface area contributed by atoms with Gasteiger partial charge < -0.3 is 10.2 Å². The van der Waals surface area contributed by atoms with Crippen molar-refractivity contribution in [3.05, 3.63) is 28.5 Å². The molecule has 19 heavy (non-hydrogen) atoms. The van der Waals surface area contributed by atoms with Crippen LogP contribution < -0.4 is 5.32 Å². The van der Waals surface area contributed by atoms with Gasteiger partial charge >= 0.3 is 0 Å². The van der Waals surface area contributed by atoms with Crippen LogP contribution in [-0.2, 0) is 4.79 Å². The molecule has 1 aromatic heterocycles. The van der Waals surface area contributed by atoms with E-state index >= 15 is 0 Å². The first-order chi connectivity index (χ1) is 9.29. The van der Waals surface area contributed by atoms with E-state index in [1.807, 2.05) is 28.5 Å². The Bertz CT molecular complexity index is 406. The van der Waals surface area contributed by atoms with Gasteiger partial charge in [0.15, 0.2) is 0 Å². The molecule has 1 aliphatic heterocycles. The van der Waals surface area contributed by atoms with Gasteiger partial charge in [-0.05, 0) is 49.4 Å². The minimum Gasteiger partial charge on any atom is -0.339 e. The highest BCUT2D eigenvalue weighted by Gasteiger charge is 2.20. The predicted molar refractivity (Wildman–Crippen MR) is 81.2 cm³/mol. The lowest BCUT2D eigenvalue weighted by Gasteiger charge is -2.31. The number of nitrogens with zero attached hydrogens (tertiary/aromatic N) is 1.